The van der Waals surface area contributed by atoms with Gasteiger partial charge in [0.15, 0.2) is 5.96 Å². The first-order chi connectivity index (χ1) is 14.1. The van der Waals surface area contributed by atoms with E-state index in [0.717, 1.165) is 62.5 Å². The highest BCUT2D eigenvalue weighted by molar-refractivity contribution is 14.0. The molecule has 0 amide bonds. The van der Waals surface area contributed by atoms with Crippen LogP contribution in [0.4, 0.5) is 5.82 Å². The average molecular weight is 543 g/mol. The van der Waals surface area contributed by atoms with E-state index in [2.05, 4.69) is 51.5 Å². The van der Waals surface area contributed by atoms with Crippen molar-refractivity contribution in [1.29, 1.82) is 0 Å². The molecule has 2 aromatic rings. The third-order valence-corrected chi connectivity index (χ3v) is 5.23. The minimum atomic E-state index is 0. The van der Waals surface area contributed by atoms with E-state index in [1.807, 2.05) is 30.5 Å². The van der Waals surface area contributed by atoms with E-state index in [1.54, 1.807) is 0 Å². The van der Waals surface area contributed by atoms with Crippen LogP contribution in [0.25, 0.3) is 0 Å². The second kappa shape index (κ2) is 13.0. The normalized spacial score (nSPS) is 14.9. The third kappa shape index (κ3) is 7.92. The molecule has 2 heterocycles. The molecule has 0 aliphatic carbocycles. The second-order valence-corrected chi connectivity index (χ2v) is 7.75. The maximum atomic E-state index is 6.06. The summed E-state index contributed by atoms with van der Waals surface area (Å²) in [6.45, 7) is 8.51. The first-order valence-corrected chi connectivity index (χ1v) is 10.7. The molecule has 0 radical (unpaired) electrons. The van der Waals surface area contributed by atoms with Crippen LogP contribution in [0, 0.1) is 0 Å². The molecule has 0 bridgehead atoms. The summed E-state index contributed by atoms with van der Waals surface area (Å²) in [7, 11) is 2.16. The zero-order valence-electron chi connectivity index (χ0n) is 17.8. The van der Waals surface area contributed by atoms with Gasteiger partial charge in [0, 0.05) is 50.5 Å². The molecule has 1 aliphatic heterocycles. The molecule has 6 nitrogen and oxygen atoms in total. The standard InChI is InChI=1S/C22H31ClN6.HI/c1-3-24-22(26-10-7-18-5-4-6-20(23)15-18)27-17-19-8-9-25-21(16-19)29-13-11-28(2)12-14-29;/h4-6,8-9,15-16H,3,7,10-14,17H2,1-2H3,(H2,24,26,27);1H. The number of nitrogens with one attached hydrogen (secondary N) is 2. The summed E-state index contributed by atoms with van der Waals surface area (Å²) in [4.78, 5) is 14.0. The van der Waals surface area contributed by atoms with Gasteiger partial charge in [-0.05, 0) is 55.8 Å². The highest BCUT2D eigenvalue weighted by Crippen LogP contribution is 2.15. The third-order valence-electron chi connectivity index (χ3n) is 5.00. The average Bonchev–Trinajstić information content (AvgIpc) is 2.73. The van der Waals surface area contributed by atoms with E-state index in [1.165, 1.54) is 11.1 Å². The Bertz CT molecular complexity index is 808. The Morgan fingerprint density at radius 1 is 1.10 bits per heavy atom. The highest BCUT2D eigenvalue weighted by atomic mass is 127. The number of piperazine rings is 1. The number of hydrogen-bond donors (Lipinski definition) is 2. The van der Waals surface area contributed by atoms with E-state index in [0.29, 0.717) is 6.54 Å². The second-order valence-electron chi connectivity index (χ2n) is 7.31. The van der Waals surface area contributed by atoms with Crippen LogP contribution in [0.1, 0.15) is 18.1 Å². The van der Waals surface area contributed by atoms with Crippen molar-refractivity contribution in [3.8, 4) is 0 Å². The Morgan fingerprint density at radius 2 is 1.90 bits per heavy atom. The molecular weight excluding hydrogens is 511 g/mol. The molecule has 0 spiro atoms. The van der Waals surface area contributed by atoms with Gasteiger partial charge in [-0.25, -0.2) is 9.98 Å². The van der Waals surface area contributed by atoms with Crippen LogP contribution in [0.2, 0.25) is 5.02 Å². The van der Waals surface area contributed by atoms with Crippen molar-refractivity contribution in [2.24, 2.45) is 4.99 Å². The fourth-order valence-corrected chi connectivity index (χ4v) is 3.51. The number of rotatable bonds is 7. The van der Waals surface area contributed by atoms with Crippen LogP contribution >= 0.6 is 35.6 Å². The van der Waals surface area contributed by atoms with Crippen molar-refractivity contribution >= 4 is 47.4 Å². The van der Waals surface area contributed by atoms with Crippen molar-refractivity contribution in [1.82, 2.24) is 20.5 Å². The Morgan fingerprint density at radius 3 is 2.63 bits per heavy atom. The SMILES string of the molecule is CCNC(=NCc1ccnc(N2CCN(C)CC2)c1)NCCc1cccc(Cl)c1.I. The zero-order valence-corrected chi connectivity index (χ0v) is 20.9. The van der Waals surface area contributed by atoms with Gasteiger partial charge < -0.3 is 20.4 Å². The Kier molecular flexibility index (Phi) is 10.7. The van der Waals surface area contributed by atoms with Crippen molar-refractivity contribution in [2.75, 3.05) is 51.2 Å². The monoisotopic (exact) mass is 542 g/mol. The molecule has 1 aromatic heterocycles. The summed E-state index contributed by atoms with van der Waals surface area (Å²) in [5.41, 5.74) is 2.38. The smallest absolute Gasteiger partial charge is 0.191 e. The van der Waals surface area contributed by atoms with Crippen molar-refractivity contribution in [3.05, 3.63) is 58.7 Å². The summed E-state index contributed by atoms with van der Waals surface area (Å²) in [5, 5.41) is 7.50. The van der Waals surface area contributed by atoms with E-state index in [-0.39, 0.29) is 24.0 Å². The Balaban J connectivity index is 0.00000320. The van der Waals surface area contributed by atoms with Gasteiger partial charge in [0.2, 0.25) is 0 Å². The lowest BCUT2D eigenvalue weighted by Crippen LogP contribution is -2.44. The number of pyridine rings is 1. The summed E-state index contributed by atoms with van der Waals surface area (Å²) in [5.74, 6) is 1.87. The fraction of sp³-hybridized carbons (Fsp3) is 0.455. The first kappa shape index (κ1) is 24.7. The fourth-order valence-electron chi connectivity index (χ4n) is 3.30. The molecule has 164 valence electrons. The van der Waals surface area contributed by atoms with E-state index in [4.69, 9.17) is 16.6 Å². The number of aliphatic imine (C=N–C) groups is 1. The molecule has 30 heavy (non-hydrogen) atoms. The van der Waals surface area contributed by atoms with Crippen molar-refractivity contribution in [2.45, 2.75) is 19.9 Å². The summed E-state index contributed by atoms with van der Waals surface area (Å²) in [6, 6.07) is 12.2. The number of halogens is 2. The summed E-state index contributed by atoms with van der Waals surface area (Å²) in [6.07, 6.45) is 2.78. The van der Waals surface area contributed by atoms with Crippen LogP contribution in [0.3, 0.4) is 0 Å². The Labute approximate surface area is 202 Å². The summed E-state index contributed by atoms with van der Waals surface area (Å²) >= 11 is 6.06. The number of anilines is 1. The predicted molar refractivity (Wildman–Crippen MR) is 137 cm³/mol. The van der Waals surface area contributed by atoms with E-state index < -0.39 is 0 Å². The minimum Gasteiger partial charge on any atom is -0.357 e. The topological polar surface area (TPSA) is 55.8 Å². The van der Waals surface area contributed by atoms with Gasteiger partial charge >= 0.3 is 0 Å². The van der Waals surface area contributed by atoms with Crippen LogP contribution in [0.15, 0.2) is 47.6 Å². The number of benzene rings is 1. The molecule has 1 saturated heterocycles. The molecule has 1 aromatic carbocycles. The van der Waals surface area contributed by atoms with Gasteiger partial charge in [-0.2, -0.15) is 0 Å². The number of nitrogens with zero attached hydrogens (tertiary/aromatic N) is 4. The van der Waals surface area contributed by atoms with Gasteiger partial charge in [0.25, 0.3) is 0 Å². The maximum absolute atomic E-state index is 6.06. The predicted octanol–water partition coefficient (Wildman–Crippen LogP) is 3.40. The van der Waals surface area contributed by atoms with Gasteiger partial charge in [0.05, 0.1) is 6.54 Å². The largest absolute Gasteiger partial charge is 0.357 e. The number of hydrogen-bond acceptors (Lipinski definition) is 4. The number of likely N-dealkylation sites (N-methyl/N-ethyl adjacent to an activating group) is 1. The van der Waals surface area contributed by atoms with Gasteiger partial charge in [0.1, 0.15) is 5.82 Å². The lowest BCUT2D eigenvalue weighted by atomic mass is 10.1. The van der Waals surface area contributed by atoms with Gasteiger partial charge in [-0.1, -0.05) is 23.7 Å². The molecule has 1 aliphatic rings. The van der Waals surface area contributed by atoms with Crippen LogP contribution in [-0.4, -0.2) is 62.2 Å². The van der Waals surface area contributed by atoms with Crippen LogP contribution in [-0.2, 0) is 13.0 Å². The van der Waals surface area contributed by atoms with Crippen molar-refractivity contribution < 1.29 is 0 Å². The highest BCUT2D eigenvalue weighted by Gasteiger charge is 2.15. The molecule has 0 saturated carbocycles. The number of aromatic nitrogens is 1. The Hall–Kier alpha value is -1.58. The van der Waals surface area contributed by atoms with Crippen molar-refractivity contribution in [3.63, 3.8) is 0 Å². The van der Waals surface area contributed by atoms with Gasteiger partial charge in [-0.15, -0.1) is 24.0 Å². The molecule has 1 fully saturated rings. The quantitative estimate of drug-likeness (QED) is 0.319. The molecule has 8 heteroatoms. The zero-order chi connectivity index (χ0) is 20.5. The lowest BCUT2D eigenvalue weighted by Gasteiger charge is -2.33. The van der Waals surface area contributed by atoms with E-state index in [9.17, 15) is 0 Å². The molecule has 2 N–H and O–H groups in total. The van der Waals surface area contributed by atoms with E-state index >= 15 is 0 Å². The minimum absolute atomic E-state index is 0. The molecular formula is C22H32ClIN6. The van der Waals surface area contributed by atoms with Crippen LogP contribution < -0.4 is 15.5 Å². The first-order valence-electron chi connectivity index (χ1n) is 10.3. The molecule has 3 rings (SSSR count). The van der Waals surface area contributed by atoms with Crippen LogP contribution in [0.5, 0.6) is 0 Å². The number of guanidine groups is 1. The van der Waals surface area contributed by atoms with Gasteiger partial charge in [-0.3, -0.25) is 0 Å². The molecule has 0 unspecified atom stereocenters. The maximum Gasteiger partial charge on any atom is 0.191 e. The lowest BCUT2D eigenvalue weighted by molar-refractivity contribution is 0.312. The summed E-state index contributed by atoms with van der Waals surface area (Å²) < 4.78 is 0. The molecule has 0 atom stereocenters.